The number of carbonyl (C=O) groups is 1. The number of nitrogens with one attached hydrogen (secondary N) is 2. The van der Waals surface area contributed by atoms with Crippen molar-refractivity contribution in [2.45, 2.75) is 19.8 Å². The van der Waals surface area contributed by atoms with Gasteiger partial charge in [0, 0.05) is 29.2 Å². The van der Waals surface area contributed by atoms with Crippen LogP contribution in [0.25, 0.3) is 22.2 Å². The number of hydrogen-bond donors (Lipinski definition) is 2. The van der Waals surface area contributed by atoms with E-state index in [2.05, 4.69) is 27.4 Å². The number of pyridine rings is 1. The van der Waals surface area contributed by atoms with Gasteiger partial charge < -0.3 is 15.0 Å². The van der Waals surface area contributed by atoms with Crippen molar-refractivity contribution in [3.63, 3.8) is 0 Å². The predicted molar refractivity (Wildman–Crippen MR) is 116 cm³/mol. The molecule has 2 aromatic carbocycles. The Hall–Kier alpha value is -3.60. The van der Waals surface area contributed by atoms with E-state index in [1.165, 1.54) is 0 Å². The number of nitrogens with zero attached hydrogens (tertiary/aromatic N) is 1. The molecule has 4 rings (SSSR count). The van der Waals surface area contributed by atoms with Crippen LogP contribution in [0.3, 0.4) is 0 Å². The second-order valence-corrected chi connectivity index (χ2v) is 6.99. The van der Waals surface area contributed by atoms with Gasteiger partial charge in [0.15, 0.2) is 0 Å². The number of aryl methyl sites for hydroxylation is 2. The lowest BCUT2D eigenvalue weighted by Crippen LogP contribution is -2.13. The van der Waals surface area contributed by atoms with Crippen LogP contribution in [0.15, 0.2) is 67.0 Å². The number of aromatic nitrogens is 2. The largest absolute Gasteiger partial charge is 0.497 e. The Bertz CT molecular complexity index is 1150. The third-order valence-corrected chi connectivity index (χ3v) is 5.11. The van der Waals surface area contributed by atoms with Crippen LogP contribution in [0.4, 0.5) is 5.69 Å². The number of benzene rings is 2. The van der Waals surface area contributed by atoms with Crippen LogP contribution in [0.2, 0.25) is 0 Å². The monoisotopic (exact) mass is 385 g/mol. The Balaban J connectivity index is 1.60. The molecular weight excluding hydrogens is 362 g/mol. The number of carbonyl (C=O) groups excluding carboxylic acids is 1. The lowest BCUT2D eigenvalue weighted by atomic mass is 10.0. The van der Waals surface area contributed by atoms with Crippen LogP contribution in [0, 0.1) is 6.92 Å². The number of anilines is 1. The maximum absolute atomic E-state index is 12.6. The van der Waals surface area contributed by atoms with Gasteiger partial charge in [-0.2, -0.15) is 0 Å². The smallest absolute Gasteiger partial charge is 0.224 e. The highest BCUT2D eigenvalue weighted by Crippen LogP contribution is 2.32. The second kappa shape index (κ2) is 8.19. The molecule has 5 heteroatoms. The summed E-state index contributed by atoms with van der Waals surface area (Å²) in [6, 6.07) is 18.0. The van der Waals surface area contributed by atoms with Crippen LogP contribution in [-0.2, 0) is 11.2 Å². The van der Waals surface area contributed by atoms with Gasteiger partial charge in [0.05, 0.1) is 19.0 Å². The van der Waals surface area contributed by atoms with Gasteiger partial charge >= 0.3 is 0 Å². The molecule has 0 saturated heterocycles. The molecule has 0 aliphatic rings. The molecule has 0 fully saturated rings. The minimum atomic E-state index is -0.0212. The molecule has 0 atom stereocenters. The summed E-state index contributed by atoms with van der Waals surface area (Å²) < 4.78 is 5.27. The summed E-state index contributed by atoms with van der Waals surface area (Å²) in [5.74, 6) is 0.796. The molecule has 4 aromatic rings. The predicted octanol–water partition coefficient (Wildman–Crippen LogP) is 5.12. The van der Waals surface area contributed by atoms with Crippen LogP contribution in [-0.4, -0.2) is 23.0 Å². The molecule has 2 aromatic heterocycles. The van der Waals surface area contributed by atoms with Crippen molar-refractivity contribution in [3.8, 4) is 17.0 Å². The van der Waals surface area contributed by atoms with E-state index in [9.17, 15) is 4.79 Å². The lowest BCUT2D eigenvalue weighted by molar-refractivity contribution is -0.116. The number of H-pyrrole nitrogens is 1. The van der Waals surface area contributed by atoms with Crippen molar-refractivity contribution < 1.29 is 9.53 Å². The van der Waals surface area contributed by atoms with Crippen LogP contribution in [0.1, 0.15) is 17.5 Å². The number of ether oxygens (including phenoxy) is 1. The Morgan fingerprint density at radius 3 is 2.66 bits per heavy atom. The van der Waals surface area contributed by atoms with Crippen molar-refractivity contribution in [1.29, 1.82) is 0 Å². The van der Waals surface area contributed by atoms with Gasteiger partial charge in [0.25, 0.3) is 0 Å². The molecule has 2 heterocycles. The molecule has 0 spiro atoms. The van der Waals surface area contributed by atoms with Crippen molar-refractivity contribution in [3.05, 3.63) is 78.1 Å². The molecule has 29 heavy (non-hydrogen) atoms. The highest BCUT2D eigenvalue weighted by Gasteiger charge is 2.15. The number of methoxy groups -OCH3 is 1. The van der Waals surface area contributed by atoms with E-state index in [1.54, 1.807) is 19.5 Å². The average molecular weight is 385 g/mol. The Labute approximate surface area is 169 Å². The first-order valence-electron chi connectivity index (χ1n) is 9.60. The molecule has 0 saturated carbocycles. The van der Waals surface area contributed by atoms with Crippen molar-refractivity contribution in [2.24, 2.45) is 0 Å². The number of hydrogen-bond acceptors (Lipinski definition) is 3. The third-order valence-electron chi connectivity index (χ3n) is 5.11. The first-order valence-corrected chi connectivity index (χ1v) is 9.60. The summed E-state index contributed by atoms with van der Waals surface area (Å²) in [7, 11) is 1.66. The highest BCUT2D eigenvalue weighted by atomic mass is 16.5. The lowest BCUT2D eigenvalue weighted by Gasteiger charge is -2.09. The van der Waals surface area contributed by atoms with E-state index in [-0.39, 0.29) is 5.91 Å². The summed E-state index contributed by atoms with van der Waals surface area (Å²) >= 11 is 0. The maximum atomic E-state index is 12.6. The molecule has 1 amide bonds. The highest BCUT2D eigenvalue weighted by molar-refractivity contribution is 5.94. The molecular formula is C24H23N3O2. The first-order chi connectivity index (χ1) is 14.2. The minimum Gasteiger partial charge on any atom is -0.497 e. The normalized spacial score (nSPS) is 10.8. The van der Waals surface area contributed by atoms with Gasteiger partial charge in [-0.1, -0.05) is 18.2 Å². The Morgan fingerprint density at radius 2 is 1.90 bits per heavy atom. The van der Waals surface area contributed by atoms with Crippen LogP contribution >= 0.6 is 0 Å². The average Bonchev–Trinajstić information content (AvgIpc) is 3.12. The van der Waals surface area contributed by atoms with E-state index in [1.807, 2.05) is 49.4 Å². The second-order valence-electron chi connectivity index (χ2n) is 6.99. The molecule has 0 aliphatic carbocycles. The van der Waals surface area contributed by atoms with Crippen LogP contribution < -0.4 is 10.1 Å². The Kier molecular flexibility index (Phi) is 5.29. The van der Waals surface area contributed by atoms with Crippen molar-refractivity contribution in [1.82, 2.24) is 9.97 Å². The zero-order valence-electron chi connectivity index (χ0n) is 16.5. The third kappa shape index (κ3) is 3.99. The van der Waals surface area contributed by atoms with Gasteiger partial charge in [0.1, 0.15) is 5.75 Å². The molecule has 5 nitrogen and oxygen atoms in total. The molecule has 0 aliphatic heterocycles. The van der Waals surface area contributed by atoms with Gasteiger partial charge in [-0.3, -0.25) is 9.78 Å². The van der Waals surface area contributed by atoms with E-state index < -0.39 is 0 Å². The Morgan fingerprint density at radius 1 is 1.10 bits per heavy atom. The number of rotatable bonds is 6. The minimum absolute atomic E-state index is 0.0212. The summed E-state index contributed by atoms with van der Waals surface area (Å²) in [4.78, 5) is 20.2. The standard InChI is InChI=1S/C24H23N3O2/c1-16-13-14-25-15-22(16)26-23(28)12-11-20-19-5-3-4-6-21(19)27-24(20)17-7-9-18(29-2)10-8-17/h3-10,13-15,27H,11-12H2,1-2H3,(H,26,28). The van der Waals surface area contributed by atoms with E-state index >= 15 is 0 Å². The zero-order chi connectivity index (χ0) is 20.2. The van der Waals surface area contributed by atoms with Gasteiger partial charge in [-0.25, -0.2) is 0 Å². The SMILES string of the molecule is COc1ccc(-c2[nH]c3ccccc3c2CCC(=O)Nc2cnccc2C)cc1. The molecule has 0 unspecified atom stereocenters. The van der Waals surface area contributed by atoms with Crippen LogP contribution in [0.5, 0.6) is 5.75 Å². The van der Waals surface area contributed by atoms with E-state index in [0.29, 0.717) is 12.8 Å². The number of amides is 1. The number of aromatic amines is 1. The molecule has 146 valence electrons. The number of para-hydroxylation sites is 1. The fraction of sp³-hybridized carbons (Fsp3) is 0.167. The number of fused-ring (bicyclic) bond motifs is 1. The topological polar surface area (TPSA) is 67.0 Å². The molecule has 2 N–H and O–H groups in total. The molecule has 0 radical (unpaired) electrons. The maximum Gasteiger partial charge on any atom is 0.224 e. The van der Waals surface area contributed by atoms with E-state index in [0.717, 1.165) is 44.7 Å². The first kappa shape index (κ1) is 18.7. The molecule has 0 bridgehead atoms. The summed E-state index contributed by atoms with van der Waals surface area (Å²) in [5, 5.41) is 4.11. The van der Waals surface area contributed by atoms with E-state index in [4.69, 9.17) is 4.74 Å². The zero-order valence-corrected chi connectivity index (χ0v) is 16.5. The van der Waals surface area contributed by atoms with Crippen molar-refractivity contribution in [2.75, 3.05) is 12.4 Å². The fourth-order valence-electron chi connectivity index (χ4n) is 3.51. The van der Waals surface area contributed by atoms with Gasteiger partial charge in [-0.15, -0.1) is 0 Å². The van der Waals surface area contributed by atoms with Crippen molar-refractivity contribution >= 4 is 22.5 Å². The summed E-state index contributed by atoms with van der Waals surface area (Å²) in [6.07, 6.45) is 4.43. The fourth-order valence-corrected chi connectivity index (χ4v) is 3.51. The van der Waals surface area contributed by atoms with Gasteiger partial charge in [0.2, 0.25) is 5.91 Å². The summed E-state index contributed by atoms with van der Waals surface area (Å²) in [5.41, 5.74) is 6.08. The summed E-state index contributed by atoms with van der Waals surface area (Å²) in [6.45, 7) is 1.96. The quantitative estimate of drug-likeness (QED) is 0.484. The van der Waals surface area contributed by atoms with Gasteiger partial charge in [-0.05, 0) is 66.4 Å².